The van der Waals surface area contributed by atoms with Gasteiger partial charge in [0.2, 0.25) is 0 Å². The molecule has 0 saturated carbocycles. The Balaban J connectivity index is 1.46. The molecule has 8 nitrogen and oxygen atoms in total. The summed E-state index contributed by atoms with van der Waals surface area (Å²) < 4.78 is 29.7. The predicted molar refractivity (Wildman–Crippen MR) is 125 cm³/mol. The molecule has 2 N–H and O–H groups in total. The Kier molecular flexibility index (Phi) is 5.86. The third-order valence-electron chi connectivity index (χ3n) is 4.79. The van der Waals surface area contributed by atoms with Gasteiger partial charge in [-0.1, -0.05) is 17.7 Å². The largest absolute Gasteiger partial charge is 0.339 e. The standard InChI is InChI=1S/C22H21ClN6O2S/c1-14-13-15(2)29(27-14)22-12-11-21(25-26-22)24-17-7-9-18(10-8-17)28-32(30,31)20-6-4-5-19(23)16(20)3/h4-13,28H,1-3H3,(H,24,25). The van der Waals surface area contributed by atoms with E-state index in [2.05, 4.69) is 25.3 Å². The second-order valence-electron chi connectivity index (χ2n) is 7.29. The third kappa shape index (κ3) is 4.58. The Morgan fingerprint density at radius 3 is 2.25 bits per heavy atom. The van der Waals surface area contributed by atoms with E-state index < -0.39 is 10.0 Å². The number of halogens is 1. The van der Waals surface area contributed by atoms with Gasteiger partial charge in [-0.25, -0.2) is 13.1 Å². The van der Waals surface area contributed by atoms with Crippen LogP contribution < -0.4 is 10.0 Å². The fraction of sp³-hybridized carbons (Fsp3) is 0.136. The molecule has 2 aromatic heterocycles. The summed E-state index contributed by atoms with van der Waals surface area (Å²) in [5.41, 5.74) is 3.56. The quantitative estimate of drug-likeness (QED) is 0.422. The summed E-state index contributed by atoms with van der Waals surface area (Å²) in [5, 5.41) is 16.4. The van der Waals surface area contributed by atoms with E-state index in [-0.39, 0.29) is 4.90 Å². The zero-order chi connectivity index (χ0) is 22.9. The highest BCUT2D eigenvalue weighted by Crippen LogP contribution is 2.25. The Hall–Kier alpha value is -3.43. The van der Waals surface area contributed by atoms with Gasteiger partial charge in [0.1, 0.15) is 0 Å². The van der Waals surface area contributed by atoms with Crippen LogP contribution in [0.3, 0.4) is 0 Å². The monoisotopic (exact) mass is 468 g/mol. The predicted octanol–water partition coefficient (Wildman–Crippen LogP) is 4.79. The lowest BCUT2D eigenvalue weighted by molar-refractivity contribution is 0.600. The summed E-state index contributed by atoms with van der Waals surface area (Å²) in [6, 6.07) is 17.2. The summed E-state index contributed by atoms with van der Waals surface area (Å²) in [7, 11) is -3.76. The molecule has 4 rings (SSSR count). The zero-order valence-electron chi connectivity index (χ0n) is 17.7. The van der Waals surface area contributed by atoms with Crippen LogP contribution >= 0.6 is 11.6 Å². The smallest absolute Gasteiger partial charge is 0.262 e. The van der Waals surface area contributed by atoms with Gasteiger partial charge < -0.3 is 5.32 Å². The summed E-state index contributed by atoms with van der Waals surface area (Å²) in [6.07, 6.45) is 0. The van der Waals surface area contributed by atoms with E-state index in [4.69, 9.17) is 11.6 Å². The van der Waals surface area contributed by atoms with Crippen molar-refractivity contribution in [3.8, 4) is 5.82 Å². The molecule has 0 unspecified atom stereocenters. The first-order valence-corrected chi connectivity index (χ1v) is 11.6. The first kappa shape index (κ1) is 21.8. The summed E-state index contributed by atoms with van der Waals surface area (Å²) >= 11 is 6.06. The number of aromatic nitrogens is 4. The number of nitrogens with one attached hydrogen (secondary N) is 2. The molecule has 0 aliphatic carbocycles. The van der Waals surface area contributed by atoms with Gasteiger partial charge in [0.15, 0.2) is 11.6 Å². The van der Waals surface area contributed by atoms with Gasteiger partial charge in [-0.05, 0) is 80.9 Å². The maximum absolute atomic E-state index is 12.7. The van der Waals surface area contributed by atoms with Crippen LogP contribution in [0.15, 0.2) is 65.6 Å². The van der Waals surface area contributed by atoms with Crippen LogP contribution in [0.25, 0.3) is 5.82 Å². The molecular formula is C22H21ClN6O2S. The van der Waals surface area contributed by atoms with Crippen LogP contribution in [-0.4, -0.2) is 28.4 Å². The lowest BCUT2D eigenvalue weighted by atomic mass is 10.2. The van der Waals surface area contributed by atoms with Gasteiger partial charge in [0, 0.05) is 22.1 Å². The number of benzene rings is 2. The molecule has 0 aliphatic rings. The van der Waals surface area contributed by atoms with Crippen molar-refractivity contribution in [1.29, 1.82) is 0 Å². The minimum absolute atomic E-state index is 0.144. The number of hydrogen-bond acceptors (Lipinski definition) is 6. The zero-order valence-corrected chi connectivity index (χ0v) is 19.2. The number of aryl methyl sites for hydroxylation is 2. The number of rotatable bonds is 6. The van der Waals surface area contributed by atoms with Gasteiger partial charge in [-0.3, -0.25) is 4.72 Å². The average molecular weight is 469 g/mol. The first-order valence-electron chi connectivity index (χ1n) is 9.75. The summed E-state index contributed by atoms with van der Waals surface area (Å²) in [6.45, 7) is 5.55. The van der Waals surface area contributed by atoms with Crippen molar-refractivity contribution >= 4 is 38.8 Å². The fourth-order valence-electron chi connectivity index (χ4n) is 3.22. The van der Waals surface area contributed by atoms with Crippen molar-refractivity contribution in [2.75, 3.05) is 10.0 Å². The lowest BCUT2D eigenvalue weighted by Crippen LogP contribution is -2.14. The van der Waals surface area contributed by atoms with Gasteiger partial charge in [0.05, 0.1) is 10.6 Å². The minimum Gasteiger partial charge on any atom is -0.339 e. The van der Waals surface area contributed by atoms with Gasteiger partial charge in [0.25, 0.3) is 10.0 Å². The number of nitrogens with zero attached hydrogens (tertiary/aromatic N) is 4. The summed E-state index contributed by atoms with van der Waals surface area (Å²) in [5.74, 6) is 1.18. The van der Waals surface area contributed by atoms with E-state index in [1.165, 1.54) is 6.07 Å². The van der Waals surface area contributed by atoms with Gasteiger partial charge in [-0.15, -0.1) is 10.2 Å². The Bertz CT molecular complexity index is 1370. The molecule has 2 aromatic carbocycles. The SMILES string of the molecule is Cc1cc(C)n(-c2ccc(Nc3ccc(NS(=O)(=O)c4cccc(Cl)c4C)cc3)nn2)n1. The summed E-state index contributed by atoms with van der Waals surface area (Å²) in [4.78, 5) is 0.144. The van der Waals surface area contributed by atoms with Crippen LogP contribution in [0.4, 0.5) is 17.2 Å². The van der Waals surface area contributed by atoms with Crippen LogP contribution in [0.2, 0.25) is 5.02 Å². The van der Waals surface area contributed by atoms with E-state index in [0.717, 1.165) is 17.1 Å². The molecule has 0 amide bonds. The molecule has 0 spiro atoms. The molecule has 164 valence electrons. The van der Waals surface area contributed by atoms with Crippen molar-refractivity contribution < 1.29 is 8.42 Å². The Morgan fingerprint density at radius 2 is 1.62 bits per heavy atom. The highest BCUT2D eigenvalue weighted by molar-refractivity contribution is 7.92. The molecule has 2 heterocycles. The van der Waals surface area contributed by atoms with Crippen molar-refractivity contribution in [3.63, 3.8) is 0 Å². The van der Waals surface area contributed by atoms with Crippen LogP contribution in [0.5, 0.6) is 0 Å². The number of anilines is 3. The topological polar surface area (TPSA) is 102 Å². The number of sulfonamides is 1. The molecule has 0 saturated heterocycles. The van der Waals surface area contributed by atoms with Crippen LogP contribution in [0, 0.1) is 20.8 Å². The maximum Gasteiger partial charge on any atom is 0.262 e. The molecule has 0 aliphatic heterocycles. The van der Waals surface area contributed by atoms with E-state index in [9.17, 15) is 8.42 Å². The highest BCUT2D eigenvalue weighted by atomic mass is 35.5. The first-order chi connectivity index (χ1) is 15.2. The van der Waals surface area contributed by atoms with Crippen LogP contribution in [0.1, 0.15) is 17.0 Å². The molecule has 0 atom stereocenters. The molecule has 10 heteroatoms. The van der Waals surface area contributed by atoms with Crippen LogP contribution in [-0.2, 0) is 10.0 Å². The molecule has 4 aromatic rings. The van der Waals surface area contributed by atoms with E-state index in [0.29, 0.717) is 27.9 Å². The third-order valence-corrected chi connectivity index (χ3v) is 6.73. The number of hydrogen-bond donors (Lipinski definition) is 2. The second-order valence-corrected chi connectivity index (χ2v) is 9.34. The van der Waals surface area contributed by atoms with Crippen molar-refractivity contribution in [2.45, 2.75) is 25.7 Å². The van der Waals surface area contributed by atoms with Gasteiger partial charge in [-0.2, -0.15) is 5.10 Å². The normalized spacial score (nSPS) is 11.4. The van der Waals surface area contributed by atoms with Gasteiger partial charge >= 0.3 is 0 Å². The maximum atomic E-state index is 12.7. The average Bonchev–Trinajstić information content (AvgIpc) is 3.09. The molecular weight excluding hydrogens is 448 g/mol. The van der Waals surface area contributed by atoms with Crippen molar-refractivity contribution in [3.05, 3.63) is 82.6 Å². The molecule has 0 fully saturated rings. The Labute approximate surface area is 191 Å². The molecule has 0 radical (unpaired) electrons. The molecule has 0 bridgehead atoms. The van der Waals surface area contributed by atoms with Crippen molar-refractivity contribution in [2.24, 2.45) is 0 Å². The van der Waals surface area contributed by atoms with Crippen molar-refractivity contribution in [1.82, 2.24) is 20.0 Å². The second kappa shape index (κ2) is 8.60. The van der Waals surface area contributed by atoms with E-state index in [1.54, 1.807) is 54.1 Å². The highest BCUT2D eigenvalue weighted by Gasteiger charge is 2.18. The molecule has 32 heavy (non-hydrogen) atoms. The lowest BCUT2D eigenvalue weighted by Gasteiger charge is -2.12. The fourth-order valence-corrected chi connectivity index (χ4v) is 4.78. The van der Waals surface area contributed by atoms with E-state index >= 15 is 0 Å². The minimum atomic E-state index is -3.76. The van der Waals surface area contributed by atoms with E-state index in [1.807, 2.05) is 26.0 Å². The Morgan fingerprint density at radius 1 is 0.906 bits per heavy atom.